The molecule has 6 heteroatoms. The standard InChI is InChI=1S/C13H18N2O2S.ClH/c16-11(6-10-4-2-1-3-5-10)7-14-13(17)12-8-18-9-15-12;/h1-5,11-12,15-16H,6-9H2,(H,14,17);1H. The van der Waals surface area contributed by atoms with Crippen LogP contribution in [0.3, 0.4) is 0 Å². The minimum atomic E-state index is -0.537. The van der Waals surface area contributed by atoms with E-state index in [0.29, 0.717) is 13.0 Å². The number of aliphatic hydroxyl groups excluding tert-OH is 1. The molecule has 106 valence electrons. The van der Waals surface area contributed by atoms with Gasteiger partial charge in [-0.2, -0.15) is 0 Å². The number of carbonyl (C=O) groups excluding carboxylic acids is 1. The fourth-order valence-corrected chi connectivity index (χ4v) is 2.81. The number of benzene rings is 1. The van der Waals surface area contributed by atoms with Crippen LogP contribution < -0.4 is 10.6 Å². The smallest absolute Gasteiger partial charge is 0.238 e. The Labute approximate surface area is 123 Å². The summed E-state index contributed by atoms with van der Waals surface area (Å²) in [7, 11) is 0. The summed E-state index contributed by atoms with van der Waals surface area (Å²) in [5.41, 5.74) is 1.08. The molecular formula is C13H19ClN2O2S. The second-order valence-corrected chi connectivity index (χ2v) is 5.39. The summed E-state index contributed by atoms with van der Waals surface area (Å²) in [5, 5.41) is 15.7. The van der Waals surface area contributed by atoms with Crippen LogP contribution in [0, 0.1) is 0 Å². The lowest BCUT2D eigenvalue weighted by Gasteiger charge is -2.14. The van der Waals surface area contributed by atoms with Gasteiger partial charge in [-0.15, -0.1) is 24.2 Å². The van der Waals surface area contributed by atoms with E-state index in [2.05, 4.69) is 10.6 Å². The number of carbonyl (C=O) groups is 1. The zero-order chi connectivity index (χ0) is 12.8. The van der Waals surface area contributed by atoms with Crippen LogP contribution in [0.4, 0.5) is 0 Å². The molecule has 1 saturated heterocycles. The summed E-state index contributed by atoms with van der Waals surface area (Å²) in [5.74, 6) is 1.61. The molecule has 1 aromatic rings. The third-order valence-electron chi connectivity index (χ3n) is 2.86. The van der Waals surface area contributed by atoms with Crippen LogP contribution in [0.25, 0.3) is 0 Å². The maximum Gasteiger partial charge on any atom is 0.238 e. The van der Waals surface area contributed by atoms with Crippen molar-refractivity contribution in [1.82, 2.24) is 10.6 Å². The average molecular weight is 303 g/mol. The van der Waals surface area contributed by atoms with Gasteiger partial charge in [0.1, 0.15) is 0 Å². The minimum Gasteiger partial charge on any atom is -0.391 e. The van der Waals surface area contributed by atoms with E-state index in [0.717, 1.165) is 17.2 Å². The lowest BCUT2D eigenvalue weighted by atomic mass is 10.1. The zero-order valence-corrected chi connectivity index (χ0v) is 12.2. The van der Waals surface area contributed by atoms with Crippen LogP contribution >= 0.6 is 24.2 Å². The van der Waals surface area contributed by atoms with Gasteiger partial charge in [-0.25, -0.2) is 0 Å². The summed E-state index contributed by atoms with van der Waals surface area (Å²) >= 11 is 1.71. The van der Waals surface area contributed by atoms with E-state index < -0.39 is 6.10 Å². The predicted molar refractivity (Wildman–Crippen MR) is 80.7 cm³/mol. The zero-order valence-electron chi connectivity index (χ0n) is 10.5. The van der Waals surface area contributed by atoms with Gasteiger partial charge < -0.3 is 10.4 Å². The highest BCUT2D eigenvalue weighted by atomic mass is 35.5. The number of hydrogen-bond acceptors (Lipinski definition) is 4. The molecule has 0 aliphatic carbocycles. The van der Waals surface area contributed by atoms with Crippen molar-refractivity contribution < 1.29 is 9.90 Å². The van der Waals surface area contributed by atoms with Gasteiger partial charge in [-0.05, 0) is 5.56 Å². The van der Waals surface area contributed by atoms with E-state index in [4.69, 9.17) is 0 Å². The van der Waals surface area contributed by atoms with Crippen molar-refractivity contribution >= 4 is 30.1 Å². The molecule has 0 radical (unpaired) electrons. The molecular weight excluding hydrogens is 284 g/mol. The third-order valence-corrected chi connectivity index (χ3v) is 3.80. The van der Waals surface area contributed by atoms with Crippen molar-refractivity contribution in [2.24, 2.45) is 0 Å². The molecule has 1 amide bonds. The van der Waals surface area contributed by atoms with Gasteiger partial charge in [-0.1, -0.05) is 30.3 Å². The van der Waals surface area contributed by atoms with Crippen LogP contribution in [0.2, 0.25) is 0 Å². The number of rotatable bonds is 5. The first kappa shape index (κ1) is 16.3. The second kappa shape index (κ2) is 8.43. The molecule has 0 aromatic heterocycles. The summed E-state index contributed by atoms with van der Waals surface area (Å²) in [6.07, 6.45) is 0.0268. The van der Waals surface area contributed by atoms with E-state index in [1.807, 2.05) is 30.3 Å². The van der Waals surface area contributed by atoms with E-state index in [9.17, 15) is 9.90 Å². The van der Waals surface area contributed by atoms with Crippen molar-refractivity contribution in [3.63, 3.8) is 0 Å². The first-order valence-electron chi connectivity index (χ1n) is 6.06. The van der Waals surface area contributed by atoms with Crippen molar-refractivity contribution in [3.8, 4) is 0 Å². The normalized spacial score (nSPS) is 19.5. The van der Waals surface area contributed by atoms with Crippen LogP contribution in [0.5, 0.6) is 0 Å². The molecule has 0 spiro atoms. The molecule has 1 aromatic carbocycles. The molecule has 4 nitrogen and oxygen atoms in total. The number of thioether (sulfide) groups is 1. The summed E-state index contributed by atoms with van der Waals surface area (Å²) < 4.78 is 0. The van der Waals surface area contributed by atoms with Gasteiger partial charge >= 0.3 is 0 Å². The number of amides is 1. The Hall–Kier alpha value is -0.750. The summed E-state index contributed by atoms with van der Waals surface area (Å²) in [6, 6.07) is 9.67. The lowest BCUT2D eigenvalue weighted by Crippen LogP contribution is -2.44. The fourth-order valence-electron chi connectivity index (χ4n) is 1.86. The Bertz CT molecular complexity index is 385. The Morgan fingerprint density at radius 3 is 2.84 bits per heavy atom. The van der Waals surface area contributed by atoms with E-state index >= 15 is 0 Å². The number of hydrogen-bond donors (Lipinski definition) is 3. The molecule has 3 N–H and O–H groups in total. The third kappa shape index (κ3) is 5.40. The predicted octanol–water partition coefficient (Wildman–Crippen LogP) is 0.790. The van der Waals surface area contributed by atoms with Gasteiger partial charge in [0.25, 0.3) is 0 Å². The Balaban J connectivity index is 0.00000180. The summed E-state index contributed by atoms with van der Waals surface area (Å²) in [6.45, 7) is 0.302. The van der Waals surface area contributed by atoms with E-state index in [1.165, 1.54) is 0 Å². The quantitative estimate of drug-likeness (QED) is 0.753. The molecule has 2 rings (SSSR count). The molecule has 2 unspecified atom stereocenters. The molecule has 2 atom stereocenters. The van der Waals surface area contributed by atoms with Gasteiger partial charge in [0, 0.05) is 24.6 Å². The molecule has 1 heterocycles. The topological polar surface area (TPSA) is 61.4 Å². The second-order valence-electron chi connectivity index (χ2n) is 4.36. The first-order chi connectivity index (χ1) is 8.75. The highest BCUT2D eigenvalue weighted by Crippen LogP contribution is 2.09. The number of halogens is 1. The molecule has 0 bridgehead atoms. The van der Waals surface area contributed by atoms with Crippen molar-refractivity contribution in [1.29, 1.82) is 0 Å². The maximum atomic E-state index is 11.7. The highest BCUT2D eigenvalue weighted by molar-refractivity contribution is 7.99. The van der Waals surface area contributed by atoms with Gasteiger partial charge in [0.2, 0.25) is 5.91 Å². The molecule has 19 heavy (non-hydrogen) atoms. The Kier molecular flexibility index (Phi) is 7.23. The maximum absolute atomic E-state index is 11.7. The monoisotopic (exact) mass is 302 g/mol. The lowest BCUT2D eigenvalue weighted by molar-refractivity contribution is -0.122. The highest BCUT2D eigenvalue weighted by Gasteiger charge is 2.22. The minimum absolute atomic E-state index is 0. The average Bonchev–Trinajstić information content (AvgIpc) is 2.91. The van der Waals surface area contributed by atoms with Gasteiger partial charge in [0.15, 0.2) is 0 Å². The Morgan fingerprint density at radius 2 is 2.21 bits per heavy atom. The van der Waals surface area contributed by atoms with E-state index in [-0.39, 0.29) is 24.4 Å². The van der Waals surface area contributed by atoms with Gasteiger partial charge in [-0.3, -0.25) is 10.1 Å². The van der Waals surface area contributed by atoms with Crippen molar-refractivity contribution in [2.75, 3.05) is 18.2 Å². The Morgan fingerprint density at radius 1 is 1.47 bits per heavy atom. The number of aliphatic hydroxyl groups is 1. The van der Waals surface area contributed by atoms with Crippen LogP contribution in [-0.4, -0.2) is 41.3 Å². The SMILES string of the molecule is Cl.O=C(NCC(O)Cc1ccccc1)C1CSCN1. The fraction of sp³-hybridized carbons (Fsp3) is 0.462. The number of nitrogens with one attached hydrogen (secondary N) is 2. The van der Waals surface area contributed by atoms with Crippen molar-refractivity contribution in [3.05, 3.63) is 35.9 Å². The van der Waals surface area contributed by atoms with Crippen LogP contribution in [0.15, 0.2) is 30.3 Å². The molecule has 0 saturated carbocycles. The van der Waals surface area contributed by atoms with E-state index in [1.54, 1.807) is 11.8 Å². The van der Waals surface area contributed by atoms with Crippen LogP contribution in [0.1, 0.15) is 5.56 Å². The van der Waals surface area contributed by atoms with Crippen molar-refractivity contribution in [2.45, 2.75) is 18.6 Å². The molecule has 1 aliphatic heterocycles. The largest absolute Gasteiger partial charge is 0.391 e. The van der Waals surface area contributed by atoms with Gasteiger partial charge in [0.05, 0.1) is 12.1 Å². The van der Waals surface area contributed by atoms with Crippen LogP contribution in [-0.2, 0) is 11.2 Å². The first-order valence-corrected chi connectivity index (χ1v) is 7.22. The molecule has 1 fully saturated rings. The molecule has 1 aliphatic rings. The summed E-state index contributed by atoms with van der Waals surface area (Å²) in [4.78, 5) is 11.7.